The van der Waals surface area contributed by atoms with Crippen molar-refractivity contribution in [3.63, 3.8) is 0 Å². The van der Waals surface area contributed by atoms with Crippen molar-refractivity contribution < 1.29 is 4.74 Å². The van der Waals surface area contributed by atoms with Gasteiger partial charge in [-0.15, -0.1) is 0 Å². The van der Waals surface area contributed by atoms with Crippen molar-refractivity contribution in [2.45, 2.75) is 31.6 Å². The van der Waals surface area contributed by atoms with Crippen LogP contribution >= 0.6 is 12.2 Å². The molecule has 0 unspecified atom stereocenters. The fourth-order valence-corrected chi connectivity index (χ4v) is 4.21. The minimum absolute atomic E-state index is 0.0792. The average Bonchev–Trinajstić information content (AvgIpc) is 2.51. The normalized spacial score (nSPS) is 28.9. The van der Waals surface area contributed by atoms with Gasteiger partial charge in [-0.2, -0.15) is 0 Å². The van der Waals surface area contributed by atoms with Gasteiger partial charge in [0, 0.05) is 19.0 Å². The number of nitrogens with zero attached hydrogens (tertiary/aromatic N) is 1. The minimum atomic E-state index is 0.0792. The minimum Gasteiger partial charge on any atom is -0.497 e. The summed E-state index contributed by atoms with van der Waals surface area (Å²) in [6, 6.07) is 8.55. The highest BCUT2D eigenvalue weighted by atomic mass is 32.1. The van der Waals surface area contributed by atoms with Crippen molar-refractivity contribution in [2.24, 2.45) is 5.92 Å². The molecular formula is C18H23NOS. The number of hydrogen-bond donors (Lipinski definition) is 0. The van der Waals surface area contributed by atoms with Gasteiger partial charge in [0.05, 0.1) is 7.11 Å². The topological polar surface area (TPSA) is 12.5 Å². The number of piperidine rings is 1. The first-order chi connectivity index (χ1) is 10.1. The summed E-state index contributed by atoms with van der Waals surface area (Å²) >= 11 is 5.72. The van der Waals surface area contributed by atoms with Gasteiger partial charge < -0.3 is 9.64 Å². The van der Waals surface area contributed by atoms with E-state index in [0.29, 0.717) is 5.92 Å². The summed E-state index contributed by atoms with van der Waals surface area (Å²) in [5.41, 5.74) is 2.79. The number of rotatable bonds is 2. The number of thiocarbonyl (C=S) groups is 1. The maximum atomic E-state index is 5.72. The van der Waals surface area contributed by atoms with Crippen molar-refractivity contribution in [2.75, 3.05) is 20.7 Å². The van der Waals surface area contributed by atoms with Gasteiger partial charge in [-0.25, -0.2) is 0 Å². The van der Waals surface area contributed by atoms with Gasteiger partial charge in [-0.05, 0) is 48.4 Å². The summed E-state index contributed by atoms with van der Waals surface area (Å²) in [5, 5.41) is 0. The number of methoxy groups -OCH3 is 1. The predicted molar refractivity (Wildman–Crippen MR) is 91.0 cm³/mol. The molecule has 0 N–H and O–H groups in total. The zero-order valence-corrected chi connectivity index (χ0v) is 13.9. The number of likely N-dealkylation sites (N-methyl/N-ethyl adjacent to an activating group) is 1. The lowest BCUT2D eigenvalue weighted by molar-refractivity contribution is 0.289. The highest BCUT2D eigenvalue weighted by Crippen LogP contribution is 2.49. The Morgan fingerprint density at radius 1 is 1.38 bits per heavy atom. The van der Waals surface area contributed by atoms with Crippen molar-refractivity contribution in [1.29, 1.82) is 0 Å². The van der Waals surface area contributed by atoms with Crippen LogP contribution in [-0.4, -0.2) is 30.6 Å². The molecule has 3 rings (SSSR count). The molecule has 0 bridgehead atoms. The lowest BCUT2D eigenvalue weighted by atomic mass is 9.62. The van der Waals surface area contributed by atoms with Gasteiger partial charge in [-0.3, -0.25) is 0 Å². The molecule has 2 nitrogen and oxygen atoms in total. The lowest BCUT2D eigenvalue weighted by Crippen LogP contribution is -2.48. The Bertz CT molecular complexity index is 595. The number of allylic oxidation sites excluding steroid dienone is 1. The van der Waals surface area contributed by atoms with Gasteiger partial charge in [-0.1, -0.05) is 37.4 Å². The molecule has 1 aromatic rings. The lowest BCUT2D eigenvalue weighted by Gasteiger charge is -2.48. The van der Waals surface area contributed by atoms with Crippen molar-refractivity contribution in [3.05, 3.63) is 41.5 Å². The Kier molecular flexibility index (Phi) is 3.78. The van der Waals surface area contributed by atoms with E-state index in [4.69, 9.17) is 17.0 Å². The van der Waals surface area contributed by atoms with Crippen molar-refractivity contribution >= 4 is 17.2 Å². The maximum absolute atomic E-state index is 5.72. The molecule has 0 saturated carbocycles. The van der Waals surface area contributed by atoms with Gasteiger partial charge >= 0.3 is 0 Å². The number of benzene rings is 1. The molecule has 1 saturated heterocycles. The third-order valence-electron chi connectivity index (χ3n) is 5.01. The summed E-state index contributed by atoms with van der Waals surface area (Å²) in [6.45, 7) is 3.37. The van der Waals surface area contributed by atoms with E-state index < -0.39 is 0 Å². The van der Waals surface area contributed by atoms with Crippen LogP contribution in [0, 0.1) is 5.92 Å². The Balaban J connectivity index is 2.12. The molecule has 1 aliphatic carbocycles. The number of likely N-dealkylation sites (tertiary alicyclic amines) is 1. The van der Waals surface area contributed by atoms with Crippen LogP contribution in [0.2, 0.25) is 0 Å². The first kappa shape index (κ1) is 14.6. The Hall–Kier alpha value is -1.35. The van der Waals surface area contributed by atoms with Gasteiger partial charge in [0.2, 0.25) is 0 Å². The molecule has 1 heterocycles. The van der Waals surface area contributed by atoms with Gasteiger partial charge in [0.1, 0.15) is 10.7 Å². The molecule has 112 valence electrons. The molecular weight excluding hydrogens is 278 g/mol. The Morgan fingerprint density at radius 2 is 2.19 bits per heavy atom. The van der Waals surface area contributed by atoms with Gasteiger partial charge in [0.25, 0.3) is 0 Å². The predicted octanol–water partition coefficient (Wildman–Crippen LogP) is 3.95. The number of ether oxygens (including phenoxy) is 1. The fraction of sp³-hybridized carbons (Fsp3) is 0.500. The van der Waals surface area contributed by atoms with Crippen LogP contribution < -0.4 is 4.74 Å². The molecule has 0 radical (unpaired) electrons. The van der Waals surface area contributed by atoms with Crippen LogP contribution in [0.4, 0.5) is 0 Å². The SMILES string of the molecule is COc1cccc([C@]23CCN(C)C(=S)C2=CC[C@H](C)C3)c1. The van der Waals surface area contributed by atoms with Crippen molar-refractivity contribution in [3.8, 4) is 5.75 Å². The zero-order chi connectivity index (χ0) is 15.0. The molecule has 1 fully saturated rings. The number of fused-ring (bicyclic) bond motifs is 1. The van der Waals surface area contributed by atoms with Crippen LogP contribution in [0.25, 0.3) is 0 Å². The average molecular weight is 301 g/mol. The van der Waals surface area contributed by atoms with Crippen LogP contribution in [0.5, 0.6) is 5.75 Å². The molecule has 2 aliphatic rings. The van der Waals surface area contributed by atoms with Gasteiger partial charge in [0.15, 0.2) is 0 Å². The van der Waals surface area contributed by atoms with E-state index in [-0.39, 0.29) is 5.41 Å². The third-order valence-corrected chi connectivity index (χ3v) is 5.54. The Morgan fingerprint density at radius 3 is 2.95 bits per heavy atom. The highest BCUT2D eigenvalue weighted by molar-refractivity contribution is 7.80. The van der Waals surface area contributed by atoms with E-state index in [2.05, 4.69) is 43.1 Å². The zero-order valence-electron chi connectivity index (χ0n) is 13.1. The van der Waals surface area contributed by atoms with E-state index in [1.54, 1.807) is 7.11 Å². The van der Waals surface area contributed by atoms with Crippen LogP contribution in [0.15, 0.2) is 35.9 Å². The maximum Gasteiger partial charge on any atom is 0.119 e. The largest absolute Gasteiger partial charge is 0.497 e. The van der Waals surface area contributed by atoms with E-state index in [1.165, 1.54) is 17.6 Å². The summed E-state index contributed by atoms with van der Waals surface area (Å²) in [7, 11) is 3.84. The fourth-order valence-electron chi connectivity index (χ4n) is 3.84. The monoisotopic (exact) mass is 301 g/mol. The van der Waals surface area contributed by atoms with E-state index in [0.717, 1.165) is 30.1 Å². The summed E-state index contributed by atoms with van der Waals surface area (Å²) in [6.07, 6.45) is 5.83. The second-order valence-electron chi connectivity index (χ2n) is 6.45. The third kappa shape index (κ3) is 2.38. The summed E-state index contributed by atoms with van der Waals surface area (Å²) in [4.78, 5) is 3.24. The van der Waals surface area contributed by atoms with E-state index >= 15 is 0 Å². The second kappa shape index (κ2) is 5.45. The van der Waals surface area contributed by atoms with Crippen molar-refractivity contribution in [1.82, 2.24) is 4.90 Å². The highest BCUT2D eigenvalue weighted by Gasteiger charge is 2.44. The standard InChI is InChI=1S/C18H23NOS/c1-13-7-8-16-17(21)19(2)10-9-18(16,12-13)14-5-4-6-15(11-14)20-3/h4-6,8,11,13H,7,9-10,12H2,1-3H3/t13-,18+/m0/s1. The molecule has 3 heteroatoms. The van der Waals surface area contributed by atoms with Crippen LogP contribution in [-0.2, 0) is 5.41 Å². The van der Waals surface area contributed by atoms with Crippen LogP contribution in [0.3, 0.4) is 0 Å². The first-order valence-electron chi connectivity index (χ1n) is 7.67. The molecule has 0 amide bonds. The molecule has 1 aliphatic heterocycles. The molecule has 0 spiro atoms. The second-order valence-corrected chi connectivity index (χ2v) is 6.84. The van der Waals surface area contributed by atoms with Crippen LogP contribution in [0.1, 0.15) is 31.7 Å². The Labute approximate surface area is 132 Å². The molecule has 2 atom stereocenters. The van der Waals surface area contributed by atoms with E-state index in [9.17, 15) is 0 Å². The number of hydrogen-bond acceptors (Lipinski definition) is 2. The molecule has 1 aromatic carbocycles. The first-order valence-corrected chi connectivity index (χ1v) is 8.08. The quantitative estimate of drug-likeness (QED) is 0.767. The molecule has 0 aromatic heterocycles. The van der Waals surface area contributed by atoms with E-state index in [1.807, 2.05) is 6.07 Å². The summed E-state index contributed by atoms with van der Waals surface area (Å²) < 4.78 is 5.43. The molecule has 21 heavy (non-hydrogen) atoms. The summed E-state index contributed by atoms with van der Waals surface area (Å²) in [5.74, 6) is 1.63. The smallest absolute Gasteiger partial charge is 0.119 e.